The summed E-state index contributed by atoms with van der Waals surface area (Å²) in [6.45, 7) is 0.306. The standard InChI is InChI=1S/C16H14FN3O2/c17-14-4-2-1-3-12(14)9-20-10-13(18-19-20)7-11-5-6-15(21)16(22)8-11/h1-6,8,10,21-22H,7,9H2. The van der Waals surface area contributed by atoms with Gasteiger partial charge in [-0.1, -0.05) is 29.5 Å². The molecule has 0 saturated carbocycles. The second-order valence-corrected chi connectivity index (χ2v) is 5.00. The predicted octanol–water partition coefficient (Wildman–Crippen LogP) is 2.47. The SMILES string of the molecule is Oc1ccc(Cc2cn(Cc3ccccc3F)nn2)cc1O. The van der Waals surface area contributed by atoms with Crippen LogP contribution < -0.4 is 0 Å². The van der Waals surface area contributed by atoms with Gasteiger partial charge in [0.05, 0.1) is 12.2 Å². The molecule has 0 unspecified atom stereocenters. The van der Waals surface area contributed by atoms with E-state index in [1.54, 1.807) is 35.1 Å². The van der Waals surface area contributed by atoms with E-state index in [1.165, 1.54) is 18.2 Å². The second kappa shape index (κ2) is 5.85. The Labute approximate surface area is 126 Å². The van der Waals surface area contributed by atoms with Crippen molar-refractivity contribution in [3.63, 3.8) is 0 Å². The first-order valence-electron chi connectivity index (χ1n) is 6.75. The van der Waals surface area contributed by atoms with Crippen LogP contribution >= 0.6 is 0 Å². The molecule has 1 aromatic heterocycles. The maximum absolute atomic E-state index is 13.6. The highest BCUT2D eigenvalue weighted by atomic mass is 19.1. The van der Waals surface area contributed by atoms with Gasteiger partial charge in [-0.2, -0.15) is 0 Å². The van der Waals surface area contributed by atoms with E-state index in [2.05, 4.69) is 10.3 Å². The molecule has 0 aliphatic carbocycles. The predicted molar refractivity (Wildman–Crippen MR) is 78.1 cm³/mol. The first-order valence-corrected chi connectivity index (χ1v) is 6.75. The Morgan fingerprint density at radius 1 is 1.05 bits per heavy atom. The molecule has 5 nitrogen and oxygen atoms in total. The van der Waals surface area contributed by atoms with Crippen molar-refractivity contribution in [3.05, 3.63) is 71.3 Å². The molecule has 0 spiro atoms. The lowest BCUT2D eigenvalue weighted by molar-refractivity contribution is 0.403. The van der Waals surface area contributed by atoms with E-state index in [0.29, 0.717) is 24.2 Å². The third-order valence-electron chi connectivity index (χ3n) is 3.30. The van der Waals surface area contributed by atoms with E-state index < -0.39 is 0 Å². The highest BCUT2D eigenvalue weighted by molar-refractivity contribution is 5.41. The number of phenols is 2. The van der Waals surface area contributed by atoms with E-state index in [1.807, 2.05) is 0 Å². The zero-order valence-electron chi connectivity index (χ0n) is 11.6. The highest BCUT2D eigenvalue weighted by Gasteiger charge is 2.07. The number of hydrogen-bond acceptors (Lipinski definition) is 4. The Hall–Kier alpha value is -2.89. The first kappa shape index (κ1) is 14.1. The van der Waals surface area contributed by atoms with Crippen LogP contribution in [-0.4, -0.2) is 25.2 Å². The van der Waals surface area contributed by atoms with Crippen molar-refractivity contribution < 1.29 is 14.6 Å². The Balaban J connectivity index is 1.73. The summed E-state index contributed by atoms with van der Waals surface area (Å²) in [7, 11) is 0. The Bertz CT molecular complexity index is 802. The Kier molecular flexibility index (Phi) is 3.74. The summed E-state index contributed by atoms with van der Waals surface area (Å²) >= 11 is 0. The number of phenolic OH excluding ortho intramolecular Hbond substituents is 2. The molecule has 3 rings (SSSR count). The molecule has 0 atom stereocenters. The van der Waals surface area contributed by atoms with Crippen LogP contribution in [0, 0.1) is 5.82 Å². The van der Waals surface area contributed by atoms with Crippen molar-refractivity contribution in [2.75, 3.05) is 0 Å². The van der Waals surface area contributed by atoms with E-state index in [4.69, 9.17) is 0 Å². The van der Waals surface area contributed by atoms with Crippen LogP contribution in [0.2, 0.25) is 0 Å². The smallest absolute Gasteiger partial charge is 0.157 e. The third kappa shape index (κ3) is 3.06. The van der Waals surface area contributed by atoms with Crippen molar-refractivity contribution in [1.82, 2.24) is 15.0 Å². The van der Waals surface area contributed by atoms with Crippen molar-refractivity contribution in [2.45, 2.75) is 13.0 Å². The van der Waals surface area contributed by atoms with Gasteiger partial charge < -0.3 is 10.2 Å². The second-order valence-electron chi connectivity index (χ2n) is 5.00. The number of hydrogen-bond donors (Lipinski definition) is 2. The average Bonchev–Trinajstić information content (AvgIpc) is 2.93. The van der Waals surface area contributed by atoms with E-state index >= 15 is 0 Å². The van der Waals surface area contributed by atoms with Gasteiger partial charge in [0.15, 0.2) is 11.5 Å². The van der Waals surface area contributed by atoms with Crippen molar-refractivity contribution in [3.8, 4) is 11.5 Å². The van der Waals surface area contributed by atoms with Crippen LogP contribution in [0.3, 0.4) is 0 Å². The third-order valence-corrected chi connectivity index (χ3v) is 3.30. The molecule has 0 aliphatic rings. The quantitative estimate of drug-likeness (QED) is 0.726. The summed E-state index contributed by atoms with van der Waals surface area (Å²) in [4.78, 5) is 0. The van der Waals surface area contributed by atoms with Crippen molar-refractivity contribution in [1.29, 1.82) is 0 Å². The van der Waals surface area contributed by atoms with Crippen LogP contribution in [0.15, 0.2) is 48.7 Å². The van der Waals surface area contributed by atoms with Crippen molar-refractivity contribution >= 4 is 0 Å². The van der Waals surface area contributed by atoms with Gasteiger partial charge in [-0.3, -0.25) is 0 Å². The summed E-state index contributed by atoms with van der Waals surface area (Å²) in [5.41, 5.74) is 2.04. The molecule has 0 bridgehead atoms. The number of aromatic hydroxyl groups is 2. The molecule has 6 heteroatoms. The lowest BCUT2D eigenvalue weighted by Crippen LogP contribution is -2.02. The van der Waals surface area contributed by atoms with Gasteiger partial charge >= 0.3 is 0 Å². The summed E-state index contributed by atoms with van der Waals surface area (Å²) in [6, 6.07) is 11.1. The number of nitrogens with zero attached hydrogens (tertiary/aromatic N) is 3. The molecule has 0 radical (unpaired) electrons. The van der Waals surface area contributed by atoms with Crippen LogP contribution in [0.25, 0.3) is 0 Å². The number of aromatic nitrogens is 3. The Morgan fingerprint density at radius 2 is 1.86 bits per heavy atom. The lowest BCUT2D eigenvalue weighted by Gasteiger charge is -2.02. The fraction of sp³-hybridized carbons (Fsp3) is 0.125. The summed E-state index contributed by atoms with van der Waals surface area (Å²) in [5.74, 6) is -0.605. The molecule has 22 heavy (non-hydrogen) atoms. The molecule has 2 N–H and O–H groups in total. The lowest BCUT2D eigenvalue weighted by atomic mass is 10.1. The van der Waals surface area contributed by atoms with Crippen molar-refractivity contribution in [2.24, 2.45) is 0 Å². The average molecular weight is 299 g/mol. The maximum Gasteiger partial charge on any atom is 0.157 e. The minimum absolute atomic E-state index is 0.160. The van der Waals surface area contributed by atoms with E-state index in [9.17, 15) is 14.6 Å². The maximum atomic E-state index is 13.6. The monoisotopic (exact) mass is 299 g/mol. The number of rotatable bonds is 4. The fourth-order valence-electron chi connectivity index (χ4n) is 2.19. The van der Waals surface area contributed by atoms with Crippen LogP contribution in [0.5, 0.6) is 11.5 Å². The molecule has 0 amide bonds. The van der Waals surface area contributed by atoms with Gasteiger partial charge in [0, 0.05) is 18.2 Å². The Morgan fingerprint density at radius 3 is 2.64 bits per heavy atom. The zero-order valence-corrected chi connectivity index (χ0v) is 11.6. The van der Waals surface area contributed by atoms with Gasteiger partial charge in [-0.15, -0.1) is 5.10 Å². The minimum Gasteiger partial charge on any atom is -0.504 e. The van der Waals surface area contributed by atoms with Crippen LogP contribution in [0.1, 0.15) is 16.8 Å². The van der Waals surface area contributed by atoms with E-state index in [-0.39, 0.29) is 17.3 Å². The normalized spacial score (nSPS) is 10.8. The molecule has 0 aliphatic heterocycles. The molecule has 1 heterocycles. The zero-order chi connectivity index (χ0) is 15.5. The molecular weight excluding hydrogens is 285 g/mol. The molecule has 112 valence electrons. The molecular formula is C16H14FN3O2. The van der Waals surface area contributed by atoms with E-state index in [0.717, 1.165) is 5.56 Å². The van der Waals surface area contributed by atoms with Gasteiger partial charge in [-0.05, 0) is 23.8 Å². The van der Waals surface area contributed by atoms with Crippen LogP contribution in [-0.2, 0) is 13.0 Å². The fourth-order valence-corrected chi connectivity index (χ4v) is 2.19. The highest BCUT2D eigenvalue weighted by Crippen LogP contribution is 2.25. The summed E-state index contributed by atoms with van der Waals surface area (Å²) in [6.07, 6.45) is 2.20. The van der Waals surface area contributed by atoms with Gasteiger partial charge in [0.2, 0.25) is 0 Å². The summed E-state index contributed by atoms with van der Waals surface area (Å²) in [5, 5.41) is 26.8. The number of halogens is 1. The minimum atomic E-state index is -0.275. The summed E-state index contributed by atoms with van der Waals surface area (Å²) < 4.78 is 15.2. The van der Waals surface area contributed by atoms with Gasteiger partial charge in [0.25, 0.3) is 0 Å². The first-order chi connectivity index (χ1) is 10.6. The molecule has 2 aromatic carbocycles. The largest absolute Gasteiger partial charge is 0.504 e. The number of benzene rings is 2. The molecule has 0 fully saturated rings. The van der Waals surface area contributed by atoms with Gasteiger partial charge in [0.1, 0.15) is 5.82 Å². The van der Waals surface area contributed by atoms with Gasteiger partial charge in [-0.25, -0.2) is 9.07 Å². The molecule has 0 saturated heterocycles. The van der Waals surface area contributed by atoms with Crippen LogP contribution in [0.4, 0.5) is 4.39 Å². The molecule has 3 aromatic rings. The topological polar surface area (TPSA) is 71.2 Å².